The van der Waals surface area contributed by atoms with Crippen molar-refractivity contribution < 1.29 is 9.53 Å². The first-order chi connectivity index (χ1) is 6.27. The lowest BCUT2D eigenvalue weighted by Crippen LogP contribution is -2.45. The van der Waals surface area contributed by atoms with Crippen LogP contribution in [-0.2, 0) is 9.53 Å². The van der Waals surface area contributed by atoms with Gasteiger partial charge in [-0.2, -0.15) is 5.26 Å². The largest absolute Gasteiger partial charge is 0.375 e. The third-order valence-electron chi connectivity index (χ3n) is 2.18. The maximum Gasteiger partial charge on any atom is 0.236 e. The number of nitriles is 1. The lowest BCUT2D eigenvalue weighted by molar-refractivity contribution is -0.137. The van der Waals surface area contributed by atoms with E-state index in [1.807, 2.05) is 13.0 Å². The van der Waals surface area contributed by atoms with Gasteiger partial charge in [-0.15, -0.1) is 0 Å². The Labute approximate surface area is 78.1 Å². The van der Waals surface area contributed by atoms with Crippen LogP contribution in [0.3, 0.4) is 0 Å². The van der Waals surface area contributed by atoms with Crippen LogP contribution in [0.15, 0.2) is 0 Å². The van der Waals surface area contributed by atoms with Crippen molar-refractivity contribution in [3.63, 3.8) is 0 Å². The Kier molecular flexibility index (Phi) is 3.71. The zero-order chi connectivity index (χ0) is 9.68. The molecule has 0 saturated carbocycles. The van der Waals surface area contributed by atoms with E-state index in [0.29, 0.717) is 19.7 Å². The average molecular weight is 182 g/mol. The molecule has 1 saturated heterocycles. The minimum Gasteiger partial charge on any atom is -0.375 e. The predicted molar refractivity (Wildman–Crippen MR) is 46.8 cm³/mol. The van der Waals surface area contributed by atoms with Gasteiger partial charge in [0.05, 0.1) is 18.8 Å². The molecule has 1 aliphatic heterocycles. The summed E-state index contributed by atoms with van der Waals surface area (Å²) in [4.78, 5) is 13.0. The van der Waals surface area contributed by atoms with E-state index in [-0.39, 0.29) is 18.4 Å². The van der Waals surface area contributed by atoms with Crippen LogP contribution in [-0.4, -0.2) is 36.6 Å². The summed E-state index contributed by atoms with van der Waals surface area (Å²) < 4.78 is 5.41. The number of amides is 1. The highest BCUT2D eigenvalue weighted by molar-refractivity contribution is 5.78. The fourth-order valence-corrected chi connectivity index (χ4v) is 1.37. The fourth-order valence-electron chi connectivity index (χ4n) is 1.37. The van der Waals surface area contributed by atoms with Gasteiger partial charge in [0.1, 0.15) is 6.42 Å². The molecule has 4 nitrogen and oxygen atoms in total. The first kappa shape index (κ1) is 10.0. The molecule has 4 heteroatoms. The Morgan fingerprint density at radius 3 is 3.15 bits per heavy atom. The molecule has 1 rings (SSSR count). The molecule has 0 bridgehead atoms. The number of nitrogens with zero attached hydrogens (tertiary/aromatic N) is 2. The maximum atomic E-state index is 11.3. The van der Waals surface area contributed by atoms with E-state index in [4.69, 9.17) is 10.00 Å². The zero-order valence-corrected chi connectivity index (χ0v) is 7.82. The van der Waals surface area contributed by atoms with Gasteiger partial charge < -0.3 is 9.64 Å². The SMILES string of the molecule is CCC1CN(C(=O)CC#N)CCO1. The summed E-state index contributed by atoms with van der Waals surface area (Å²) >= 11 is 0. The normalized spacial score (nSPS) is 22.5. The highest BCUT2D eigenvalue weighted by Crippen LogP contribution is 2.08. The number of rotatable bonds is 2. The van der Waals surface area contributed by atoms with E-state index >= 15 is 0 Å². The summed E-state index contributed by atoms with van der Waals surface area (Å²) in [6.45, 7) is 3.88. The number of hydrogen-bond donors (Lipinski definition) is 0. The van der Waals surface area contributed by atoms with Crippen molar-refractivity contribution in [2.45, 2.75) is 25.9 Å². The molecule has 0 aromatic heterocycles. The first-order valence-electron chi connectivity index (χ1n) is 4.54. The Morgan fingerprint density at radius 1 is 1.77 bits per heavy atom. The lowest BCUT2D eigenvalue weighted by Gasteiger charge is -2.32. The lowest BCUT2D eigenvalue weighted by atomic mass is 10.2. The van der Waals surface area contributed by atoms with Crippen LogP contribution in [0.4, 0.5) is 0 Å². The van der Waals surface area contributed by atoms with Gasteiger partial charge in [-0.3, -0.25) is 4.79 Å². The molecule has 72 valence electrons. The van der Waals surface area contributed by atoms with Crippen molar-refractivity contribution in [1.29, 1.82) is 5.26 Å². The molecule has 0 spiro atoms. The molecule has 1 heterocycles. The Balaban J connectivity index is 2.42. The Morgan fingerprint density at radius 2 is 2.54 bits per heavy atom. The van der Waals surface area contributed by atoms with E-state index in [0.717, 1.165) is 6.42 Å². The van der Waals surface area contributed by atoms with Gasteiger partial charge in [-0.1, -0.05) is 6.92 Å². The first-order valence-corrected chi connectivity index (χ1v) is 4.54. The van der Waals surface area contributed by atoms with E-state index < -0.39 is 0 Å². The molecule has 1 aliphatic rings. The number of carbonyl (C=O) groups is 1. The average Bonchev–Trinajstić information content (AvgIpc) is 2.18. The molecule has 13 heavy (non-hydrogen) atoms. The van der Waals surface area contributed by atoms with Gasteiger partial charge in [0, 0.05) is 13.1 Å². The van der Waals surface area contributed by atoms with Gasteiger partial charge in [0.2, 0.25) is 5.91 Å². The number of carbonyl (C=O) groups excluding carboxylic acids is 1. The van der Waals surface area contributed by atoms with Crippen molar-refractivity contribution in [2.24, 2.45) is 0 Å². The smallest absolute Gasteiger partial charge is 0.236 e. The molecular weight excluding hydrogens is 168 g/mol. The van der Waals surface area contributed by atoms with Crippen LogP contribution in [0.25, 0.3) is 0 Å². The fraction of sp³-hybridized carbons (Fsp3) is 0.778. The molecule has 1 amide bonds. The van der Waals surface area contributed by atoms with Crippen LogP contribution >= 0.6 is 0 Å². The van der Waals surface area contributed by atoms with E-state index in [9.17, 15) is 4.79 Å². The summed E-state index contributed by atoms with van der Waals surface area (Å²) in [6, 6.07) is 1.87. The number of ether oxygens (including phenoxy) is 1. The highest BCUT2D eigenvalue weighted by atomic mass is 16.5. The van der Waals surface area contributed by atoms with Crippen LogP contribution in [0.1, 0.15) is 19.8 Å². The van der Waals surface area contributed by atoms with Crippen LogP contribution in [0.5, 0.6) is 0 Å². The van der Waals surface area contributed by atoms with Crippen molar-refractivity contribution in [1.82, 2.24) is 4.90 Å². The quantitative estimate of drug-likeness (QED) is 0.626. The van der Waals surface area contributed by atoms with Gasteiger partial charge in [-0.05, 0) is 6.42 Å². The summed E-state index contributed by atoms with van der Waals surface area (Å²) in [7, 11) is 0. The van der Waals surface area contributed by atoms with Crippen molar-refractivity contribution in [2.75, 3.05) is 19.7 Å². The van der Waals surface area contributed by atoms with Crippen LogP contribution in [0, 0.1) is 11.3 Å². The third-order valence-corrected chi connectivity index (χ3v) is 2.18. The minimum absolute atomic E-state index is 0.0174. The number of hydrogen-bond acceptors (Lipinski definition) is 3. The topological polar surface area (TPSA) is 53.3 Å². The van der Waals surface area contributed by atoms with Crippen molar-refractivity contribution in [3.8, 4) is 6.07 Å². The van der Waals surface area contributed by atoms with Crippen LogP contribution in [0.2, 0.25) is 0 Å². The van der Waals surface area contributed by atoms with E-state index in [2.05, 4.69) is 0 Å². The molecular formula is C9H14N2O2. The van der Waals surface area contributed by atoms with Crippen LogP contribution < -0.4 is 0 Å². The zero-order valence-electron chi connectivity index (χ0n) is 7.82. The monoisotopic (exact) mass is 182 g/mol. The second kappa shape index (κ2) is 4.83. The molecule has 0 N–H and O–H groups in total. The Bertz CT molecular complexity index is 222. The number of morpholine rings is 1. The second-order valence-corrected chi connectivity index (χ2v) is 3.08. The summed E-state index contributed by atoms with van der Waals surface area (Å²) in [5, 5.41) is 8.36. The maximum absolute atomic E-state index is 11.3. The third kappa shape index (κ3) is 2.71. The van der Waals surface area contributed by atoms with Crippen molar-refractivity contribution in [3.05, 3.63) is 0 Å². The molecule has 1 unspecified atom stereocenters. The molecule has 1 atom stereocenters. The van der Waals surface area contributed by atoms with Gasteiger partial charge in [0.15, 0.2) is 0 Å². The molecule has 1 fully saturated rings. The van der Waals surface area contributed by atoms with E-state index in [1.54, 1.807) is 4.90 Å². The highest BCUT2D eigenvalue weighted by Gasteiger charge is 2.22. The summed E-state index contributed by atoms with van der Waals surface area (Å²) in [6.07, 6.45) is 1.05. The Hall–Kier alpha value is -1.08. The summed E-state index contributed by atoms with van der Waals surface area (Å²) in [5.74, 6) is -0.0794. The molecule has 0 radical (unpaired) electrons. The predicted octanol–water partition coefficient (Wildman–Crippen LogP) is 0.537. The second-order valence-electron chi connectivity index (χ2n) is 3.08. The summed E-state index contributed by atoms with van der Waals surface area (Å²) in [5.41, 5.74) is 0. The minimum atomic E-state index is -0.0794. The van der Waals surface area contributed by atoms with Gasteiger partial charge in [0.25, 0.3) is 0 Å². The van der Waals surface area contributed by atoms with Crippen molar-refractivity contribution >= 4 is 5.91 Å². The standard InChI is InChI=1S/C9H14N2O2/c1-2-8-7-11(5-6-13-8)9(12)3-4-10/h8H,2-3,5-7H2,1H3. The molecule has 0 aromatic carbocycles. The van der Waals surface area contributed by atoms with E-state index in [1.165, 1.54) is 0 Å². The van der Waals surface area contributed by atoms with Gasteiger partial charge >= 0.3 is 0 Å². The van der Waals surface area contributed by atoms with Gasteiger partial charge in [-0.25, -0.2) is 0 Å². The molecule has 0 aromatic rings. The molecule has 0 aliphatic carbocycles.